The second kappa shape index (κ2) is 69.9. The quantitative estimate of drug-likeness (QED) is 0.0277. The molecule has 472 valence electrons. The second-order valence-corrected chi connectivity index (χ2v) is 15.5. The minimum Gasteiger partial charge on any atom is -0.431 e. The summed E-state index contributed by atoms with van der Waals surface area (Å²) < 4.78 is 113. The molecule has 81 heavy (non-hydrogen) atoms. The third kappa shape index (κ3) is 64.7. The molecule has 0 unspecified atom stereocenters. The molecule has 36 heteroatoms. The summed E-state index contributed by atoms with van der Waals surface area (Å²) in [6, 6.07) is 0. The van der Waals surface area contributed by atoms with Crippen LogP contribution in [0.3, 0.4) is 0 Å². The van der Waals surface area contributed by atoms with Crippen molar-refractivity contribution in [2.24, 2.45) is 26.5 Å². The monoisotopic (exact) mass is 1180 g/mol. The topological polar surface area (TPSA) is 417 Å². The van der Waals surface area contributed by atoms with Crippen LogP contribution in [0.4, 0.5) is 0 Å². The second-order valence-electron chi connectivity index (χ2n) is 15.5. The van der Waals surface area contributed by atoms with Crippen molar-refractivity contribution in [3.05, 3.63) is 41.8 Å². The fraction of sp³-hybridized carbons (Fsp3) is 1.00. The minimum atomic E-state index is -0.747. The predicted molar refractivity (Wildman–Crippen MR) is 279 cm³/mol. The Morgan fingerprint density at radius 3 is 0.407 bits per heavy atom. The fourth-order valence-corrected chi connectivity index (χ4v) is 5.57. The molecule has 0 heterocycles. The Balaban J connectivity index is 5.01. The molecule has 0 radical (unpaired) electrons. The van der Waals surface area contributed by atoms with Crippen LogP contribution in [0.25, 0.3) is 41.8 Å². The number of rotatable bonds is 72. The van der Waals surface area contributed by atoms with E-state index in [2.05, 4.69) is 60.1 Å². The van der Waals surface area contributed by atoms with Gasteiger partial charge in [-0.25, -0.2) is 0 Å². The van der Waals surface area contributed by atoms with Gasteiger partial charge in [-0.3, -0.25) is 0 Å². The maximum absolute atomic E-state index is 8.19. The lowest BCUT2D eigenvalue weighted by molar-refractivity contribution is -0.123. The first kappa shape index (κ1) is 76.6. The van der Waals surface area contributed by atoms with E-state index in [0.29, 0.717) is 185 Å². The van der Waals surface area contributed by atoms with Crippen LogP contribution in [0.15, 0.2) is 21.1 Å². The van der Waals surface area contributed by atoms with E-state index < -0.39 is 5.41 Å². The van der Waals surface area contributed by atoms with Crippen LogP contribution in [0.2, 0.25) is 0 Å². The zero-order valence-electron chi connectivity index (χ0n) is 46.8. The van der Waals surface area contributed by atoms with Gasteiger partial charge in [-0.05, 0) is 22.1 Å². The molecular weight excluding hydrogens is 1090 g/mol. The van der Waals surface area contributed by atoms with E-state index in [1.54, 1.807) is 0 Å². The molecule has 0 aromatic carbocycles. The van der Waals surface area contributed by atoms with Gasteiger partial charge in [0.2, 0.25) is 0 Å². The van der Waals surface area contributed by atoms with E-state index >= 15 is 0 Å². The highest BCUT2D eigenvalue weighted by atomic mass is 16.7. The average molecular weight is 1180 g/mol. The molecule has 0 aromatic heterocycles. The highest BCUT2D eigenvalue weighted by Gasteiger charge is 2.32. The largest absolute Gasteiger partial charge is 0.431 e. The van der Waals surface area contributed by atoms with Crippen LogP contribution in [0.5, 0.6) is 0 Å². The van der Waals surface area contributed by atoms with Gasteiger partial charge in [0.1, 0.15) is 47.5 Å². The molecule has 0 spiro atoms. The van der Waals surface area contributed by atoms with Crippen molar-refractivity contribution in [2.45, 2.75) is 0 Å². The van der Waals surface area contributed by atoms with Crippen LogP contribution in [0, 0.1) is 5.41 Å². The zero-order chi connectivity index (χ0) is 58.2. The Morgan fingerprint density at radius 2 is 0.284 bits per heavy atom. The van der Waals surface area contributed by atoms with Gasteiger partial charge >= 0.3 is 0 Å². The van der Waals surface area contributed by atoms with Gasteiger partial charge in [-0.2, -0.15) is 0 Å². The smallest absolute Gasteiger partial charge is 0.120 e. The molecule has 0 aliphatic carbocycles. The maximum atomic E-state index is 8.19. The fourth-order valence-electron chi connectivity index (χ4n) is 5.57. The molecule has 0 saturated heterocycles. The van der Waals surface area contributed by atoms with Crippen molar-refractivity contribution in [1.82, 2.24) is 0 Å². The van der Waals surface area contributed by atoms with E-state index in [-0.39, 0.29) is 106 Å². The van der Waals surface area contributed by atoms with E-state index in [4.69, 9.17) is 117 Å². The van der Waals surface area contributed by atoms with E-state index in [1.165, 1.54) is 0 Å². The number of nitrogens with zero attached hydrogens (tertiary/aromatic N) is 12. The van der Waals surface area contributed by atoms with Gasteiger partial charge in [0.05, 0.1) is 270 Å². The summed E-state index contributed by atoms with van der Waals surface area (Å²) in [4.78, 5) is 28.3. The molecule has 0 aliphatic rings. The van der Waals surface area contributed by atoms with Crippen LogP contribution in [0.1, 0.15) is 0 Å². The predicted octanol–water partition coefficient (Wildman–Crippen LogP) is 3.27. The normalized spacial score (nSPS) is 11.8. The molecule has 0 fully saturated rings. The third-order valence-electron chi connectivity index (χ3n) is 9.24. The first-order valence-corrected chi connectivity index (χ1v) is 26.4. The lowest BCUT2D eigenvalue weighted by atomic mass is 9.92. The molecule has 0 aromatic rings. The summed E-state index contributed by atoms with van der Waals surface area (Å²) in [5.74, 6) is 0. The number of hydrogen-bond acceptors (Lipinski definition) is 28. The summed E-state index contributed by atoms with van der Waals surface area (Å²) in [5.41, 5.74) is 32.0. The van der Waals surface area contributed by atoms with Gasteiger partial charge in [0, 0.05) is 19.6 Å². The number of ether oxygens (including phenoxy) is 20. The number of azide groups is 4. The summed E-state index contributed by atoms with van der Waals surface area (Å²) in [6.07, 6.45) is 0. The van der Waals surface area contributed by atoms with E-state index in [0.717, 1.165) is 0 Å². The third-order valence-corrected chi connectivity index (χ3v) is 9.24. The lowest BCUT2D eigenvalue weighted by Crippen LogP contribution is -2.43. The maximum Gasteiger partial charge on any atom is 0.120 e. The van der Waals surface area contributed by atoms with E-state index in [1.807, 2.05) is 0 Å². The summed E-state index contributed by atoms with van der Waals surface area (Å²) >= 11 is 0. The highest BCUT2D eigenvalue weighted by Crippen LogP contribution is 2.21. The Bertz CT molecular complexity index is 1280. The summed E-state index contributed by atoms with van der Waals surface area (Å²) in [7, 11) is 0. The Kier molecular flexibility index (Phi) is 66.1. The Labute approximate surface area is 472 Å². The van der Waals surface area contributed by atoms with Crippen LogP contribution in [-0.4, -0.2) is 291 Å². The van der Waals surface area contributed by atoms with Gasteiger partial charge in [-0.15, -0.1) is 0 Å². The lowest BCUT2D eigenvalue weighted by Gasteiger charge is -2.33. The van der Waals surface area contributed by atoms with Gasteiger partial charge < -0.3 is 114 Å². The molecule has 0 bridgehead atoms. The zero-order valence-corrected chi connectivity index (χ0v) is 46.8. The van der Waals surface area contributed by atoms with Crippen molar-refractivity contribution in [1.29, 1.82) is 0 Å². The average Bonchev–Trinajstić information content (AvgIpc) is 3.47. The Morgan fingerprint density at radius 1 is 0.173 bits per heavy atom. The molecule has 0 atom stereocenters. The van der Waals surface area contributed by atoms with Crippen molar-refractivity contribution in [2.75, 3.05) is 291 Å². The van der Waals surface area contributed by atoms with Gasteiger partial charge in [0.15, 0.2) is 0 Å². The molecule has 0 amide bonds. The van der Waals surface area contributed by atoms with Crippen LogP contribution in [-0.2, 0) is 114 Å². The molecule has 0 saturated carbocycles. The first-order chi connectivity index (χ1) is 40.2. The summed E-state index contributed by atoms with van der Waals surface area (Å²) in [6.45, 7) is 14.0. The van der Waals surface area contributed by atoms with Crippen molar-refractivity contribution in [3.63, 3.8) is 0 Å². The summed E-state index contributed by atoms with van der Waals surface area (Å²) in [5, 5.41) is 11.9. The molecule has 36 nitrogen and oxygen atoms in total. The minimum absolute atomic E-state index is 0.160. The van der Waals surface area contributed by atoms with Crippen LogP contribution >= 0.6 is 0 Å². The van der Waals surface area contributed by atoms with Gasteiger partial charge in [0.25, 0.3) is 0 Å². The molecule has 0 rings (SSSR count). The molecule has 0 aliphatic heterocycles. The Hall–Kier alpha value is -4.36. The number of hydrogen-bond donors (Lipinski definition) is 0. The highest BCUT2D eigenvalue weighted by molar-refractivity contribution is 4.79. The van der Waals surface area contributed by atoms with Crippen molar-refractivity contribution in [3.8, 4) is 0 Å². The van der Waals surface area contributed by atoms with Gasteiger partial charge in [-0.1, -0.05) is 0 Å². The van der Waals surface area contributed by atoms with Crippen LogP contribution < -0.4 is 0 Å². The van der Waals surface area contributed by atoms with E-state index in [9.17, 15) is 0 Å². The first-order valence-electron chi connectivity index (χ1n) is 26.4. The van der Waals surface area contributed by atoms with Crippen molar-refractivity contribution >= 4 is 0 Å². The standard InChI is InChI=1S/C45H88N12O24/c46-50-54-78-37-33-70-21-17-62-5-1-58-9-13-66-25-29-74-41-45(42-75-30-26-67-14-10-59-2-6-63-18-22-71-34-38-79-55-51-47,43-76-31-27-68-15-11-60-3-7-64-19-23-72-35-39-80-56-52-48)44-77-32-28-69-16-12-61-4-8-65-20-24-73-36-40-81-57-53-49/h1-44H2. The molecular formula is C45H88N12O24. The van der Waals surface area contributed by atoms with Crippen molar-refractivity contribution < 1.29 is 114 Å². The molecule has 0 N–H and O–H groups in total. The SMILES string of the molecule is [N-]=[N+]=NOCCOCCOCCOCCOCCOCC(COCCOCCOCCOCCOCCON=[N+]=[N-])(COCCOCCOCCOCCOCCON=[N+]=[N-])COCCOCCOCCOCCOCCON=[N+]=[N-].